The van der Waals surface area contributed by atoms with E-state index in [-0.39, 0.29) is 6.54 Å². The third-order valence-electron chi connectivity index (χ3n) is 1.76. The van der Waals surface area contributed by atoms with Gasteiger partial charge in [0.2, 0.25) is 5.91 Å². The van der Waals surface area contributed by atoms with Crippen LogP contribution < -0.4 is 10.6 Å². The van der Waals surface area contributed by atoms with Crippen LogP contribution in [0.4, 0.5) is 5.82 Å². The van der Waals surface area contributed by atoms with Gasteiger partial charge in [-0.15, -0.1) is 0 Å². The van der Waals surface area contributed by atoms with Crippen molar-refractivity contribution < 1.29 is 14.7 Å². The summed E-state index contributed by atoms with van der Waals surface area (Å²) in [6.45, 7) is -0.526. The van der Waals surface area contributed by atoms with Gasteiger partial charge in [0.25, 0.3) is 0 Å². The fourth-order valence-corrected chi connectivity index (χ4v) is 1.00. The molecule has 88 valence electrons. The van der Waals surface area contributed by atoms with Crippen LogP contribution in [-0.4, -0.2) is 35.1 Å². The second-order valence-electron chi connectivity index (χ2n) is 3.07. The quantitative estimate of drug-likeness (QED) is 0.636. The van der Waals surface area contributed by atoms with Crippen molar-refractivity contribution in [1.82, 2.24) is 10.3 Å². The number of hydrogen-bond donors (Lipinski definition) is 3. The maximum atomic E-state index is 11.1. The van der Waals surface area contributed by atoms with Crippen LogP contribution in [0.25, 0.3) is 0 Å². The topological polar surface area (TPSA) is 115 Å². The molecule has 7 heteroatoms. The lowest BCUT2D eigenvalue weighted by Gasteiger charge is -2.05. The molecule has 0 aliphatic rings. The van der Waals surface area contributed by atoms with E-state index in [0.29, 0.717) is 11.4 Å². The molecule has 1 aromatic heterocycles. The summed E-state index contributed by atoms with van der Waals surface area (Å²) in [4.78, 5) is 25.2. The second kappa shape index (κ2) is 6.07. The number of amides is 1. The Balaban J connectivity index is 2.42. The van der Waals surface area contributed by atoms with E-state index >= 15 is 0 Å². The molecule has 0 aromatic carbocycles. The zero-order chi connectivity index (χ0) is 12.7. The summed E-state index contributed by atoms with van der Waals surface area (Å²) in [5, 5.41) is 21.8. The highest BCUT2D eigenvalue weighted by molar-refractivity contribution is 5.84. The largest absolute Gasteiger partial charge is 0.480 e. The van der Waals surface area contributed by atoms with Gasteiger partial charge >= 0.3 is 5.97 Å². The number of aliphatic carboxylic acids is 1. The number of anilines is 1. The van der Waals surface area contributed by atoms with Crippen molar-refractivity contribution in [2.75, 3.05) is 18.4 Å². The van der Waals surface area contributed by atoms with Crippen molar-refractivity contribution in [2.24, 2.45) is 0 Å². The number of nitriles is 1. The average molecular weight is 234 g/mol. The highest BCUT2D eigenvalue weighted by atomic mass is 16.4. The summed E-state index contributed by atoms with van der Waals surface area (Å²) in [5.74, 6) is -1.19. The molecule has 1 amide bonds. The van der Waals surface area contributed by atoms with Gasteiger partial charge in [-0.05, 0) is 12.1 Å². The minimum absolute atomic E-state index is 0.102. The van der Waals surface area contributed by atoms with Crippen LogP contribution in [0, 0.1) is 11.3 Å². The van der Waals surface area contributed by atoms with Crippen LogP contribution in [0.3, 0.4) is 0 Å². The molecule has 0 spiro atoms. The Morgan fingerprint density at radius 3 is 2.88 bits per heavy atom. The first-order chi connectivity index (χ1) is 8.11. The standard InChI is InChI=1S/C10H10N4O3/c11-4-7-1-2-12-8(3-7)13-5-9(15)14-6-10(16)17/h1-3H,5-6H2,(H,12,13)(H,14,15)(H,16,17). The fraction of sp³-hybridized carbons (Fsp3) is 0.200. The zero-order valence-corrected chi connectivity index (χ0v) is 8.80. The van der Waals surface area contributed by atoms with Crippen LogP contribution in [0.5, 0.6) is 0 Å². The van der Waals surface area contributed by atoms with Gasteiger partial charge in [-0.25, -0.2) is 4.98 Å². The Bertz CT molecular complexity index is 467. The summed E-state index contributed by atoms with van der Waals surface area (Å²) >= 11 is 0. The predicted octanol–water partition coefficient (Wildman–Crippen LogP) is -0.434. The van der Waals surface area contributed by atoms with Gasteiger partial charge in [0.15, 0.2) is 0 Å². The minimum atomic E-state index is -1.11. The SMILES string of the molecule is N#Cc1ccnc(NCC(=O)NCC(=O)O)c1. The van der Waals surface area contributed by atoms with Crippen LogP contribution in [0.15, 0.2) is 18.3 Å². The maximum absolute atomic E-state index is 11.1. The van der Waals surface area contributed by atoms with Crippen molar-refractivity contribution in [3.8, 4) is 6.07 Å². The lowest BCUT2D eigenvalue weighted by Crippen LogP contribution is -2.33. The van der Waals surface area contributed by atoms with Crippen LogP contribution in [-0.2, 0) is 9.59 Å². The van der Waals surface area contributed by atoms with Crippen LogP contribution >= 0.6 is 0 Å². The number of carboxylic acids is 1. The number of rotatable bonds is 5. The van der Waals surface area contributed by atoms with Crippen molar-refractivity contribution in [3.05, 3.63) is 23.9 Å². The van der Waals surface area contributed by atoms with E-state index in [1.165, 1.54) is 18.3 Å². The number of carbonyl (C=O) groups is 2. The van der Waals surface area contributed by atoms with Gasteiger partial charge in [0.1, 0.15) is 12.4 Å². The monoisotopic (exact) mass is 234 g/mol. The van der Waals surface area contributed by atoms with Gasteiger partial charge in [0.05, 0.1) is 18.2 Å². The number of nitrogens with one attached hydrogen (secondary N) is 2. The molecule has 17 heavy (non-hydrogen) atoms. The normalized spacial score (nSPS) is 9.12. The molecule has 0 aliphatic heterocycles. The van der Waals surface area contributed by atoms with Gasteiger partial charge in [-0.1, -0.05) is 0 Å². The summed E-state index contributed by atoms with van der Waals surface area (Å²) in [7, 11) is 0. The van der Waals surface area contributed by atoms with Gasteiger partial charge in [-0.2, -0.15) is 5.26 Å². The third-order valence-corrected chi connectivity index (χ3v) is 1.76. The zero-order valence-electron chi connectivity index (χ0n) is 8.80. The highest BCUT2D eigenvalue weighted by Crippen LogP contribution is 2.04. The fourth-order valence-electron chi connectivity index (χ4n) is 1.00. The van der Waals surface area contributed by atoms with Crippen LogP contribution in [0.1, 0.15) is 5.56 Å². The number of carboxylic acid groups (broad SMARTS) is 1. The Hall–Kier alpha value is -2.62. The summed E-state index contributed by atoms with van der Waals surface area (Å²) < 4.78 is 0. The van der Waals surface area contributed by atoms with Crippen molar-refractivity contribution in [3.63, 3.8) is 0 Å². The maximum Gasteiger partial charge on any atom is 0.322 e. The second-order valence-corrected chi connectivity index (χ2v) is 3.07. The summed E-state index contributed by atoms with van der Waals surface area (Å²) in [5.41, 5.74) is 0.424. The molecule has 1 heterocycles. The number of carbonyl (C=O) groups excluding carboxylic acids is 1. The van der Waals surface area contributed by atoms with E-state index in [9.17, 15) is 9.59 Å². The number of pyridine rings is 1. The first-order valence-electron chi connectivity index (χ1n) is 4.70. The molecular weight excluding hydrogens is 224 g/mol. The van der Waals surface area contributed by atoms with Crippen molar-refractivity contribution >= 4 is 17.7 Å². The molecule has 3 N–H and O–H groups in total. The molecule has 0 saturated heterocycles. The minimum Gasteiger partial charge on any atom is -0.480 e. The summed E-state index contributed by atoms with van der Waals surface area (Å²) in [6.07, 6.45) is 1.44. The number of nitrogens with zero attached hydrogens (tertiary/aromatic N) is 2. The molecule has 0 fully saturated rings. The Kier molecular flexibility index (Phi) is 4.45. The molecule has 0 bridgehead atoms. The molecule has 0 atom stereocenters. The molecule has 0 saturated carbocycles. The van der Waals surface area contributed by atoms with Crippen molar-refractivity contribution in [1.29, 1.82) is 5.26 Å². The summed E-state index contributed by atoms with van der Waals surface area (Å²) in [6, 6.07) is 4.96. The molecule has 0 aliphatic carbocycles. The molecular formula is C10H10N4O3. The third kappa shape index (κ3) is 4.61. The van der Waals surface area contributed by atoms with E-state index in [1.54, 1.807) is 0 Å². The van der Waals surface area contributed by atoms with E-state index in [4.69, 9.17) is 10.4 Å². The van der Waals surface area contributed by atoms with Gasteiger partial charge in [0, 0.05) is 6.20 Å². The highest BCUT2D eigenvalue weighted by Gasteiger charge is 2.04. The molecule has 1 aromatic rings. The van der Waals surface area contributed by atoms with E-state index in [1.807, 2.05) is 6.07 Å². The van der Waals surface area contributed by atoms with E-state index in [0.717, 1.165) is 0 Å². The molecule has 1 rings (SSSR count). The Morgan fingerprint density at radius 1 is 1.47 bits per heavy atom. The average Bonchev–Trinajstić information content (AvgIpc) is 2.34. The smallest absolute Gasteiger partial charge is 0.322 e. The first kappa shape index (κ1) is 12.4. The Labute approximate surface area is 97.1 Å². The van der Waals surface area contributed by atoms with Crippen molar-refractivity contribution in [2.45, 2.75) is 0 Å². The number of aromatic nitrogens is 1. The first-order valence-corrected chi connectivity index (χ1v) is 4.70. The number of hydrogen-bond acceptors (Lipinski definition) is 5. The Morgan fingerprint density at radius 2 is 2.24 bits per heavy atom. The lowest BCUT2D eigenvalue weighted by atomic mass is 10.3. The van der Waals surface area contributed by atoms with Gasteiger partial charge in [-0.3, -0.25) is 9.59 Å². The van der Waals surface area contributed by atoms with E-state index in [2.05, 4.69) is 15.6 Å². The lowest BCUT2D eigenvalue weighted by molar-refractivity contribution is -0.137. The van der Waals surface area contributed by atoms with Gasteiger partial charge < -0.3 is 15.7 Å². The molecule has 0 radical (unpaired) electrons. The van der Waals surface area contributed by atoms with E-state index < -0.39 is 18.4 Å². The predicted molar refractivity (Wildman–Crippen MR) is 58.1 cm³/mol. The van der Waals surface area contributed by atoms with Crippen LogP contribution in [0.2, 0.25) is 0 Å². The molecule has 0 unspecified atom stereocenters. The molecule has 7 nitrogen and oxygen atoms in total.